The molecule has 4 N–H and O–H groups in total. The Labute approximate surface area is 152 Å². The van der Waals surface area contributed by atoms with E-state index in [9.17, 15) is 14.7 Å². The zero-order chi connectivity index (χ0) is 19.1. The molecular formula is C18H15N5O4. The van der Waals surface area contributed by atoms with E-state index >= 15 is 0 Å². The van der Waals surface area contributed by atoms with Gasteiger partial charge >= 0.3 is 5.97 Å². The molecule has 0 aliphatic carbocycles. The number of amides is 1. The Kier molecular flexibility index (Phi) is 3.76. The number of carbonyl (C=O) groups excluding carboxylic acids is 1. The van der Waals surface area contributed by atoms with E-state index in [4.69, 9.17) is 10.5 Å². The van der Waals surface area contributed by atoms with Gasteiger partial charge in [0.25, 0.3) is 5.91 Å². The van der Waals surface area contributed by atoms with Gasteiger partial charge in [0.15, 0.2) is 17.9 Å². The monoisotopic (exact) mass is 365 g/mol. The van der Waals surface area contributed by atoms with Crippen LogP contribution in [-0.4, -0.2) is 43.3 Å². The lowest BCUT2D eigenvalue weighted by molar-refractivity contribution is -0.119. The Hall–Kier alpha value is -3.88. The summed E-state index contributed by atoms with van der Waals surface area (Å²) in [7, 11) is 1.89. The number of pyridine rings is 1. The molecule has 0 unspecified atom stereocenters. The first kappa shape index (κ1) is 16.6. The highest BCUT2D eigenvalue weighted by Crippen LogP contribution is 2.36. The molecule has 0 saturated carbocycles. The highest BCUT2D eigenvalue weighted by atomic mass is 16.5. The average molecular weight is 365 g/mol. The van der Waals surface area contributed by atoms with E-state index in [-0.39, 0.29) is 12.3 Å². The number of H-pyrrole nitrogens is 1. The maximum Gasteiger partial charge on any atom is 0.354 e. The number of aryl methyl sites for hydroxylation is 1. The van der Waals surface area contributed by atoms with Gasteiger partial charge in [-0.3, -0.25) is 9.89 Å². The number of nitrogens with two attached hydrogens (primary N) is 1. The van der Waals surface area contributed by atoms with Crippen molar-refractivity contribution in [2.45, 2.75) is 0 Å². The summed E-state index contributed by atoms with van der Waals surface area (Å²) in [6.07, 6.45) is 3.51. The summed E-state index contributed by atoms with van der Waals surface area (Å²) in [5.74, 6) is -1.20. The van der Waals surface area contributed by atoms with Crippen LogP contribution in [0, 0.1) is 0 Å². The zero-order valence-corrected chi connectivity index (χ0v) is 14.3. The van der Waals surface area contributed by atoms with Gasteiger partial charge in [0.1, 0.15) is 5.75 Å². The first-order valence-corrected chi connectivity index (χ1v) is 8.02. The van der Waals surface area contributed by atoms with Gasteiger partial charge < -0.3 is 20.1 Å². The Morgan fingerprint density at radius 2 is 2.07 bits per heavy atom. The number of fused-ring (bicyclic) bond motifs is 2. The molecule has 136 valence electrons. The topological polar surface area (TPSA) is 136 Å². The molecule has 9 heteroatoms. The van der Waals surface area contributed by atoms with Crippen LogP contribution in [0.3, 0.4) is 0 Å². The molecule has 0 bridgehead atoms. The first-order valence-electron chi connectivity index (χ1n) is 8.02. The number of carbonyl (C=O) groups is 2. The summed E-state index contributed by atoms with van der Waals surface area (Å²) >= 11 is 0. The highest BCUT2D eigenvalue weighted by Gasteiger charge is 2.17. The molecule has 3 aromatic heterocycles. The summed E-state index contributed by atoms with van der Waals surface area (Å²) in [5.41, 5.74) is 7.84. The smallest absolute Gasteiger partial charge is 0.354 e. The minimum atomic E-state index is -1.13. The molecule has 0 spiro atoms. The van der Waals surface area contributed by atoms with Crippen LogP contribution >= 0.6 is 0 Å². The number of aromatic carboxylic acids is 1. The Balaban J connectivity index is 1.94. The van der Waals surface area contributed by atoms with E-state index < -0.39 is 11.9 Å². The third kappa shape index (κ3) is 2.84. The molecule has 0 aliphatic rings. The molecule has 1 aromatic carbocycles. The number of aromatic amines is 1. The Morgan fingerprint density at radius 1 is 1.26 bits per heavy atom. The minimum absolute atomic E-state index is 0.0834. The molecule has 0 saturated heterocycles. The molecule has 0 radical (unpaired) electrons. The van der Waals surface area contributed by atoms with Crippen molar-refractivity contribution >= 4 is 33.8 Å². The van der Waals surface area contributed by atoms with E-state index in [1.54, 1.807) is 18.3 Å². The average Bonchev–Trinajstić information content (AvgIpc) is 3.23. The molecule has 4 aromatic rings. The van der Waals surface area contributed by atoms with Gasteiger partial charge in [0.2, 0.25) is 0 Å². The molecule has 9 nitrogen and oxygen atoms in total. The number of hydrogen-bond donors (Lipinski definition) is 3. The number of carboxylic acids is 1. The first-order chi connectivity index (χ1) is 12.9. The lowest BCUT2D eigenvalue weighted by Gasteiger charge is -2.06. The number of ether oxygens (including phenoxy) is 1. The number of nitrogens with one attached hydrogen (secondary N) is 1. The lowest BCUT2D eigenvalue weighted by Crippen LogP contribution is -2.19. The second-order valence-corrected chi connectivity index (χ2v) is 6.08. The third-order valence-corrected chi connectivity index (χ3v) is 4.27. The summed E-state index contributed by atoms with van der Waals surface area (Å²) in [4.78, 5) is 26.5. The molecule has 0 fully saturated rings. The van der Waals surface area contributed by atoms with Gasteiger partial charge in [-0.15, -0.1) is 0 Å². The predicted molar refractivity (Wildman–Crippen MR) is 97.5 cm³/mol. The van der Waals surface area contributed by atoms with Crippen LogP contribution in [0.15, 0.2) is 36.7 Å². The largest absolute Gasteiger partial charge is 0.484 e. The molecule has 1 amide bonds. The summed E-state index contributed by atoms with van der Waals surface area (Å²) < 4.78 is 7.33. The van der Waals surface area contributed by atoms with Crippen LogP contribution in [0.25, 0.3) is 33.1 Å². The van der Waals surface area contributed by atoms with E-state index in [1.807, 2.05) is 23.9 Å². The lowest BCUT2D eigenvalue weighted by atomic mass is 10.0. The highest BCUT2D eigenvalue weighted by molar-refractivity contribution is 6.05. The van der Waals surface area contributed by atoms with Gasteiger partial charge in [-0.05, 0) is 29.8 Å². The van der Waals surface area contributed by atoms with Crippen molar-refractivity contribution in [1.29, 1.82) is 0 Å². The van der Waals surface area contributed by atoms with Crippen LogP contribution in [0.4, 0.5) is 0 Å². The molecule has 4 rings (SSSR count). The van der Waals surface area contributed by atoms with Crippen LogP contribution in [0.1, 0.15) is 10.5 Å². The van der Waals surface area contributed by atoms with Crippen molar-refractivity contribution in [3.05, 3.63) is 42.4 Å². The van der Waals surface area contributed by atoms with Gasteiger partial charge in [-0.2, -0.15) is 5.10 Å². The normalized spacial score (nSPS) is 11.1. The molecule has 27 heavy (non-hydrogen) atoms. The molecule has 3 heterocycles. The van der Waals surface area contributed by atoms with Crippen LogP contribution in [0.5, 0.6) is 5.75 Å². The molecule has 0 aliphatic heterocycles. The fourth-order valence-electron chi connectivity index (χ4n) is 3.09. The van der Waals surface area contributed by atoms with Gasteiger partial charge in [-0.25, -0.2) is 9.78 Å². The van der Waals surface area contributed by atoms with Gasteiger partial charge in [0, 0.05) is 35.1 Å². The van der Waals surface area contributed by atoms with Crippen molar-refractivity contribution in [3.8, 4) is 16.9 Å². The number of aromatic nitrogens is 4. The number of benzene rings is 1. The van der Waals surface area contributed by atoms with E-state index in [0.29, 0.717) is 22.3 Å². The minimum Gasteiger partial charge on any atom is -0.484 e. The maximum absolute atomic E-state index is 11.5. The van der Waals surface area contributed by atoms with Crippen molar-refractivity contribution in [3.63, 3.8) is 0 Å². The SMILES string of the molecule is Cn1cc(-c2cc(C(=O)O)nc3[nH]ncc23)c2cc(OCC(N)=O)ccc21. The van der Waals surface area contributed by atoms with Gasteiger partial charge in [-0.1, -0.05) is 0 Å². The number of rotatable bonds is 5. The van der Waals surface area contributed by atoms with E-state index in [0.717, 1.165) is 16.5 Å². The van der Waals surface area contributed by atoms with Crippen molar-refractivity contribution in [2.75, 3.05) is 6.61 Å². The standard InChI is InChI=1S/C18H15N5O4/c1-23-7-13(11-4-9(2-3-15(11)23)27-8-16(19)24)10-5-14(18(25)26)21-17-12(10)6-20-22-17/h2-7H,8H2,1H3,(H2,19,24)(H,25,26)(H,20,21,22). The van der Waals surface area contributed by atoms with Crippen molar-refractivity contribution in [2.24, 2.45) is 12.8 Å². The summed E-state index contributed by atoms with van der Waals surface area (Å²) in [5, 5.41) is 17.6. The second kappa shape index (κ2) is 6.13. The predicted octanol–water partition coefficient (Wildman–Crippen LogP) is 1.68. The number of nitrogens with zero attached hydrogens (tertiary/aromatic N) is 3. The summed E-state index contributed by atoms with van der Waals surface area (Å²) in [6, 6.07) is 6.92. The fraction of sp³-hybridized carbons (Fsp3) is 0.111. The number of carboxylic acid groups (broad SMARTS) is 1. The molecule has 0 atom stereocenters. The van der Waals surface area contributed by atoms with Crippen LogP contribution < -0.4 is 10.5 Å². The van der Waals surface area contributed by atoms with E-state index in [1.165, 1.54) is 6.07 Å². The second-order valence-electron chi connectivity index (χ2n) is 6.08. The van der Waals surface area contributed by atoms with Crippen LogP contribution in [0.2, 0.25) is 0 Å². The van der Waals surface area contributed by atoms with Crippen molar-refractivity contribution in [1.82, 2.24) is 19.7 Å². The quantitative estimate of drug-likeness (QED) is 0.492. The maximum atomic E-state index is 11.5. The molecular weight excluding hydrogens is 350 g/mol. The van der Waals surface area contributed by atoms with E-state index in [2.05, 4.69) is 15.2 Å². The van der Waals surface area contributed by atoms with Crippen molar-refractivity contribution < 1.29 is 19.4 Å². The number of hydrogen-bond acceptors (Lipinski definition) is 5. The fourth-order valence-corrected chi connectivity index (χ4v) is 3.09. The summed E-state index contributed by atoms with van der Waals surface area (Å²) in [6.45, 7) is -0.224. The third-order valence-electron chi connectivity index (χ3n) is 4.27. The Bertz CT molecular complexity index is 1210. The Morgan fingerprint density at radius 3 is 2.81 bits per heavy atom. The van der Waals surface area contributed by atoms with Crippen LogP contribution in [-0.2, 0) is 11.8 Å². The number of primary amides is 1. The zero-order valence-electron chi connectivity index (χ0n) is 14.3. The van der Waals surface area contributed by atoms with Gasteiger partial charge in [0.05, 0.1) is 6.20 Å².